The van der Waals surface area contributed by atoms with Gasteiger partial charge in [0.1, 0.15) is 5.75 Å². The summed E-state index contributed by atoms with van der Waals surface area (Å²) in [5.41, 5.74) is 8.29. The molecular formula is C16H26N2O. The maximum absolute atomic E-state index is 5.93. The second kappa shape index (κ2) is 5.72. The van der Waals surface area contributed by atoms with Gasteiger partial charge in [-0.1, -0.05) is 13.3 Å². The molecule has 19 heavy (non-hydrogen) atoms. The van der Waals surface area contributed by atoms with Gasteiger partial charge in [-0.05, 0) is 44.6 Å². The van der Waals surface area contributed by atoms with Crippen molar-refractivity contribution in [2.75, 3.05) is 17.6 Å². The second-order valence-corrected chi connectivity index (χ2v) is 6.06. The summed E-state index contributed by atoms with van der Waals surface area (Å²) in [6.45, 7) is 7.36. The highest BCUT2D eigenvalue weighted by atomic mass is 16.5. The van der Waals surface area contributed by atoms with Crippen molar-refractivity contribution in [2.24, 2.45) is 5.41 Å². The molecule has 0 saturated heterocycles. The Morgan fingerprint density at radius 3 is 2.63 bits per heavy atom. The van der Waals surface area contributed by atoms with E-state index >= 15 is 0 Å². The van der Waals surface area contributed by atoms with Crippen LogP contribution in [-0.2, 0) is 0 Å². The van der Waals surface area contributed by atoms with Crippen molar-refractivity contribution in [3.8, 4) is 5.75 Å². The Kier molecular flexibility index (Phi) is 4.23. The van der Waals surface area contributed by atoms with E-state index < -0.39 is 0 Å². The van der Waals surface area contributed by atoms with Crippen LogP contribution in [0.2, 0.25) is 0 Å². The molecular weight excluding hydrogens is 236 g/mol. The van der Waals surface area contributed by atoms with E-state index in [1.54, 1.807) is 0 Å². The maximum Gasteiger partial charge on any atom is 0.123 e. The van der Waals surface area contributed by atoms with E-state index in [2.05, 4.69) is 12.2 Å². The Bertz CT molecular complexity index is 425. The van der Waals surface area contributed by atoms with E-state index in [9.17, 15) is 0 Å². The number of nitrogens with two attached hydrogens (primary N) is 1. The largest absolute Gasteiger partial charge is 0.491 e. The molecule has 0 amide bonds. The maximum atomic E-state index is 5.93. The number of hydrogen-bond acceptors (Lipinski definition) is 3. The first-order valence-corrected chi connectivity index (χ1v) is 7.34. The second-order valence-electron chi connectivity index (χ2n) is 6.06. The van der Waals surface area contributed by atoms with Gasteiger partial charge >= 0.3 is 0 Å². The molecule has 0 heterocycles. The average molecular weight is 262 g/mol. The Morgan fingerprint density at radius 1 is 1.32 bits per heavy atom. The minimum absolute atomic E-state index is 0.171. The van der Waals surface area contributed by atoms with Crippen LogP contribution in [0.15, 0.2) is 18.2 Å². The van der Waals surface area contributed by atoms with Crippen LogP contribution >= 0.6 is 0 Å². The molecule has 0 aromatic heterocycles. The third-order valence-electron chi connectivity index (χ3n) is 3.71. The van der Waals surface area contributed by atoms with Crippen LogP contribution in [0.5, 0.6) is 5.75 Å². The molecule has 1 saturated carbocycles. The standard InChI is InChI=1S/C16H26N2O/c1-4-5-16(6-7-16)11-18-14-8-13(17)9-15(10-14)19-12(2)3/h8-10,12,18H,4-7,11,17H2,1-3H3. The lowest BCUT2D eigenvalue weighted by molar-refractivity contribution is 0.242. The van der Waals surface area contributed by atoms with Gasteiger partial charge in [0.15, 0.2) is 0 Å². The van der Waals surface area contributed by atoms with E-state index in [4.69, 9.17) is 10.5 Å². The fourth-order valence-corrected chi connectivity index (χ4v) is 2.58. The molecule has 2 rings (SSSR count). The topological polar surface area (TPSA) is 47.3 Å². The highest BCUT2D eigenvalue weighted by Crippen LogP contribution is 2.49. The molecule has 106 valence electrons. The zero-order valence-corrected chi connectivity index (χ0v) is 12.3. The smallest absolute Gasteiger partial charge is 0.123 e. The molecule has 0 bridgehead atoms. The van der Waals surface area contributed by atoms with Crippen LogP contribution in [0.4, 0.5) is 11.4 Å². The van der Waals surface area contributed by atoms with E-state index in [1.165, 1.54) is 25.7 Å². The molecule has 1 fully saturated rings. The Labute approximate surface area is 116 Å². The fourth-order valence-electron chi connectivity index (χ4n) is 2.58. The summed E-state index contributed by atoms with van der Waals surface area (Å²) in [5.74, 6) is 0.845. The monoisotopic (exact) mass is 262 g/mol. The van der Waals surface area contributed by atoms with Gasteiger partial charge in [-0.15, -0.1) is 0 Å². The predicted molar refractivity (Wildman–Crippen MR) is 81.7 cm³/mol. The van der Waals surface area contributed by atoms with E-state index in [0.29, 0.717) is 5.41 Å². The fraction of sp³-hybridized carbons (Fsp3) is 0.625. The van der Waals surface area contributed by atoms with Gasteiger partial charge < -0.3 is 15.8 Å². The Hall–Kier alpha value is -1.38. The first-order valence-electron chi connectivity index (χ1n) is 7.34. The molecule has 0 atom stereocenters. The van der Waals surface area contributed by atoms with Crippen molar-refractivity contribution < 1.29 is 4.74 Å². The molecule has 1 aliphatic carbocycles. The Balaban J connectivity index is 1.98. The number of rotatable bonds is 7. The van der Waals surface area contributed by atoms with Crippen LogP contribution in [0, 0.1) is 5.41 Å². The van der Waals surface area contributed by atoms with Crippen molar-refractivity contribution in [3.05, 3.63) is 18.2 Å². The summed E-state index contributed by atoms with van der Waals surface area (Å²) in [4.78, 5) is 0. The van der Waals surface area contributed by atoms with Crippen LogP contribution in [0.1, 0.15) is 46.5 Å². The van der Waals surface area contributed by atoms with Crippen LogP contribution in [0.25, 0.3) is 0 Å². The van der Waals surface area contributed by atoms with Crippen molar-refractivity contribution >= 4 is 11.4 Å². The molecule has 0 aliphatic heterocycles. The SMILES string of the molecule is CCCC1(CNc2cc(N)cc(OC(C)C)c2)CC1. The number of nitrogen functional groups attached to an aromatic ring is 1. The zero-order chi connectivity index (χ0) is 13.9. The number of anilines is 2. The summed E-state index contributed by atoms with van der Waals surface area (Å²) >= 11 is 0. The molecule has 1 aromatic rings. The van der Waals surface area contributed by atoms with Crippen LogP contribution in [0.3, 0.4) is 0 Å². The molecule has 0 radical (unpaired) electrons. The number of benzene rings is 1. The lowest BCUT2D eigenvalue weighted by Crippen LogP contribution is -2.15. The molecule has 1 aliphatic rings. The number of ether oxygens (including phenoxy) is 1. The quantitative estimate of drug-likeness (QED) is 0.729. The van der Waals surface area contributed by atoms with E-state index in [0.717, 1.165) is 23.7 Å². The summed E-state index contributed by atoms with van der Waals surface area (Å²) in [6.07, 6.45) is 5.46. The highest BCUT2D eigenvalue weighted by Gasteiger charge is 2.41. The van der Waals surface area contributed by atoms with Gasteiger partial charge in [-0.25, -0.2) is 0 Å². The van der Waals surface area contributed by atoms with E-state index in [1.807, 2.05) is 32.0 Å². The predicted octanol–water partition coefficient (Wildman–Crippen LogP) is 4.05. The molecule has 1 aromatic carbocycles. The van der Waals surface area contributed by atoms with Crippen molar-refractivity contribution in [1.82, 2.24) is 0 Å². The first-order chi connectivity index (χ1) is 9.03. The Morgan fingerprint density at radius 2 is 2.05 bits per heavy atom. The summed E-state index contributed by atoms with van der Waals surface area (Å²) in [5, 5.41) is 3.53. The molecule has 3 N–H and O–H groups in total. The third kappa shape index (κ3) is 4.05. The minimum atomic E-state index is 0.171. The van der Waals surface area contributed by atoms with E-state index in [-0.39, 0.29) is 6.10 Å². The molecule has 0 spiro atoms. The first kappa shape index (κ1) is 14.0. The lowest BCUT2D eigenvalue weighted by Gasteiger charge is -2.17. The lowest BCUT2D eigenvalue weighted by atomic mass is 10.0. The van der Waals surface area contributed by atoms with Crippen molar-refractivity contribution in [2.45, 2.75) is 52.6 Å². The normalized spacial score (nSPS) is 16.4. The van der Waals surface area contributed by atoms with Crippen LogP contribution in [-0.4, -0.2) is 12.6 Å². The molecule has 3 nitrogen and oxygen atoms in total. The van der Waals surface area contributed by atoms with Crippen molar-refractivity contribution in [3.63, 3.8) is 0 Å². The summed E-state index contributed by atoms with van der Waals surface area (Å²) in [7, 11) is 0. The number of nitrogens with one attached hydrogen (secondary N) is 1. The summed E-state index contributed by atoms with van der Waals surface area (Å²) in [6, 6.07) is 5.90. The summed E-state index contributed by atoms with van der Waals surface area (Å²) < 4.78 is 5.71. The third-order valence-corrected chi connectivity index (χ3v) is 3.71. The van der Waals surface area contributed by atoms with Gasteiger partial charge in [0.25, 0.3) is 0 Å². The van der Waals surface area contributed by atoms with Gasteiger partial charge in [-0.3, -0.25) is 0 Å². The molecule has 0 unspecified atom stereocenters. The molecule has 3 heteroatoms. The van der Waals surface area contributed by atoms with Crippen LogP contribution < -0.4 is 15.8 Å². The van der Waals surface area contributed by atoms with Gasteiger partial charge in [0.2, 0.25) is 0 Å². The average Bonchev–Trinajstić information content (AvgIpc) is 3.06. The number of hydrogen-bond donors (Lipinski definition) is 2. The van der Waals surface area contributed by atoms with Gasteiger partial charge in [-0.2, -0.15) is 0 Å². The van der Waals surface area contributed by atoms with Gasteiger partial charge in [0.05, 0.1) is 6.10 Å². The zero-order valence-electron chi connectivity index (χ0n) is 12.3. The highest BCUT2D eigenvalue weighted by molar-refractivity contribution is 5.59. The minimum Gasteiger partial charge on any atom is -0.491 e. The van der Waals surface area contributed by atoms with Crippen molar-refractivity contribution in [1.29, 1.82) is 0 Å². The van der Waals surface area contributed by atoms with Gasteiger partial charge in [0, 0.05) is 30.1 Å².